The number of para-hydroxylation sites is 1. The first-order valence-electron chi connectivity index (χ1n) is 6.96. The lowest BCUT2D eigenvalue weighted by atomic mass is 10.2. The van der Waals surface area contributed by atoms with Crippen LogP contribution in [0.15, 0.2) is 30.3 Å². The van der Waals surface area contributed by atoms with E-state index in [2.05, 4.69) is 15.5 Å². The highest BCUT2D eigenvalue weighted by molar-refractivity contribution is 5.94. The zero-order valence-corrected chi connectivity index (χ0v) is 11.9. The van der Waals surface area contributed by atoms with Crippen molar-refractivity contribution in [2.45, 2.75) is 13.1 Å². The Morgan fingerprint density at radius 3 is 2.95 bits per heavy atom. The lowest BCUT2D eigenvalue weighted by molar-refractivity contribution is 0.0767. The van der Waals surface area contributed by atoms with Crippen molar-refractivity contribution in [3.63, 3.8) is 0 Å². The third-order valence-corrected chi connectivity index (χ3v) is 3.54. The van der Waals surface area contributed by atoms with Gasteiger partial charge in [0.25, 0.3) is 5.91 Å². The Morgan fingerprint density at radius 2 is 2.14 bits per heavy atom. The lowest BCUT2D eigenvalue weighted by Gasteiger charge is -2.16. The molecule has 2 aromatic rings. The molecule has 21 heavy (non-hydrogen) atoms. The number of nitrogens with one attached hydrogen (secondary N) is 2. The Morgan fingerprint density at radius 1 is 1.33 bits per heavy atom. The molecule has 0 fully saturated rings. The second-order valence-electron chi connectivity index (χ2n) is 5.02. The molecule has 0 aliphatic carbocycles. The van der Waals surface area contributed by atoms with Crippen LogP contribution in [0.4, 0.5) is 0 Å². The molecule has 6 heteroatoms. The molecule has 0 saturated carbocycles. The van der Waals surface area contributed by atoms with E-state index in [0.29, 0.717) is 25.4 Å². The number of benzene rings is 1. The number of hydrogen-bond donors (Lipinski definition) is 2. The van der Waals surface area contributed by atoms with E-state index in [1.165, 1.54) is 0 Å². The predicted molar refractivity (Wildman–Crippen MR) is 78.0 cm³/mol. The van der Waals surface area contributed by atoms with Gasteiger partial charge in [0, 0.05) is 25.7 Å². The van der Waals surface area contributed by atoms with Crippen LogP contribution in [0, 0.1) is 0 Å². The number of carbonyl (C=O) groups excluding carboxylic acids is 1. The first kappa shape index (κ1) is 13.6. The van der Waals surface area contributed by atoms with Crippen LogP contribution in [0.2, 0.25) is 0 Å². The highest BCUT2D eigenvalue weighted by atomic mass is 16.5. The van der Waals surface area contributed by atoms with E-state index in [9.17, 15) is 4.79 Å². The maximum Gasteiger partial charge on any atom is 0.274 e. The fraction of sp³-hybridized carbons (Fsp3) is 0.333. The summed E-state index contributed by atoms with van der Waals surface area (Å²) in [6.45, 7) is 2.41. The van der Waals surface area contributed by atoms with E-state index < -0.39 is 0 Å². The van der Waals surface area contributed by atoms with Crippen LogP contribution in [0.3, 0.4) is 0 Å². The molecule has 1 aliphatic heterocycles. The van der Waals surface area contributed by atoms with Gasteiger partial charge in [-0.2, -0.15) is 5.10 Å². The summed E-state index contributed by atoms with van der Waals surface area (Å²) < 4.78 is 5.60. The molecule has 0 unspecified atom stereocenters. The second-order valence-corrected chi connectivity index (χ2v) is 5.02. The molecule has 0 bridgehead atoms. The van der Waals surface area contributed by atoms with Gasteiger partial charge >= 0.3 is 0 Å². The predicted octanol–water partition coefficient (Wildman–Crippen LogP) is 1.16. The summed E-state index contributed by atoms with van der Waals surface area (Å²) in [5.41, 5.74) is 2.50. The molecule has 1 aromatic heterocycles. The Balaban J connectivity index is 1.55. The van der Waals surface area contributed by atoms with Gasteiger partial charge in [0.15, 0.2) is 5.69 Å². The highest BCUT2D eigenvalue weighted by Crippen LogP contribution is 2.17. The van der Waals surface area contributed by atoms with Crippen LogP contribution in [-0.4, -0.2) is 41.2 Å². The molecule has 110 valence electrons. The molecule has 2 N–H and O–H groups in total. The summed E-state index contributed by atoms with van der Waals surface area (Å²) in [4.78, 5) is 14.0. The van der Waals surface area contributed by atoms with E-state index in [4.69, 9.17) is 4.74 Å². The van der Waals surface area contributed by atoms with E-state index in [0.717, 1.165) is 23.6 Å². The molecule has 3 rings (SSSR count). The van der Waals surface area contributed by atoms with Gasteiger partial charge in [-0.05, 0) is 12.1 Å². The summed E-state index contributed by atoms with van der Waals surface area (Å²) in [5.74, 6) is 0.732. The summed E-state index contributed by atoms with van der Waals surface area (Å²) in [6.07, 6.45) is 0. The quantitative estimate of drug-likeness (QED) is 0.865. The third-order valence-electron chi connectivity index (χ3n) is 3.54. The van der Waals surface area contributed by atoms with Crippen LogP contribution in [0.1, 0.15) is 21.7 Å². The number of ether oxygens (including phenoxy) is 1. The number of nitrogens with zero attached hydrogens (tertiary/aromatic N) is 2. The number of H-pyrrole nitrogens is 1. The fourth-order valence-electron chi connectivity index (χ4n) is 2.33. The van der Waals surface area contributed by atoms with Crippen molar-refractivity contribution in [1.29, 1.82) is 0 Å². The van der Waals surface area contributed by atoms with Gasteiger partial charge in [0.05, 0.1) is 12.2 Å². The number of amides is 1. The normalized spacial score (nSPS) is 13.0. The van der Waals surface area contributed by atoms with Gasteiger partial charge in [0.1, 0.15) is 12.4 Å². The summed E-state index contributed by atoms with van der Waals surface area (Å²) >= 11 is 0. The number of aromatic amines is 1. The van der Waals surface area contributed by atoms with Crippen molar-refractivity contribution < 1.29 is 9.53 Å². The lowest BCUT2D eigenvalue weighted by Crippen LogP contribution is -2.31. The molecule has 0 spiro atoms. The minimum atomic E-state index is -0.0761. The molecule has 1 aromatic carbocycles. The van der Waals surface area contributed by atoms with Crippen molar-refractivity contribution in [3.05, 3.63) is 47.3 Å². The standard InChI is InChI=1S/C15H18N4O2/c1-19(7-8-21-11-5-3-2-4-6-11)15(20)14-12-9-16-10-13(12)17-18-14/h2-6,16H,7-10H2,1H3,(H,17,18). The number of fused-ring (bicyclic) bond motifs is 1. The molecule has 2 heterocycles. The summed E-state index contributed by atoms with van der Waals surface area (Å²) in [6, 6.07) is 9.57. The van der Waals surface area contributed by atoms with Crippen LogP contribution < -0.4 is 10.1 Å². The van der Waals surface area contributed by atoms with Crippen molar-refractivity contribution >= 4 is 5.91 Å². The maximum absolute atomic E-state index is 12.4. The monoisotopic (exact) mass is 286 g/mol. The van der Waals surface area contributed by atoms with Crippen molar-refractivity contribution in [1.82, 2.24) is 20.4 Å². The molecule has 0 radical (unpaired) electrons. The van der Waals surface area contributed by atoms with Gasteiger partial charge in [-0.1, -0.05) is 18.2 Å². The van der Waals surface area contributed by atoms with Gasteiger partial charge in [-0.3, -0.25) is 9.89 Å². The van der Waals surface area contributed by atoms with Crippen LogP contribution in [0.5, 0.6) is 5.75 Å². The number of hydrogen-bond acceptors (Lipinski definition) is 4. The van der Waals surface area contributed by atoms with Crippen molar-refractivity contribution in [2.75, 3.05) is 20.2 Å². The largest absolute Gasteiger partial charge is 0.492 e. The first-order chi connectivity index (χ1) is 10.3. The first-order valence-corrected chi connectivity index (χ1v) is 6.96. The molecule has 6 nitrogen and oxygen atoms in total. The minimum Gasteiger partial charge on any atom is -0.492 e. The topological polar surface area (TPSA) is 70.2 Å². The smallest absolute Gasteiger partial charge is 0.274 e. The second kappa shape index (κ2) is 5.97. The maximum atomic E-state index is 12.4. The molecular weight excluding hydrogens is 268 g/mol. The zero-order valence-electron chi connectivity index (χ0n) is 11.9. The fourth-order valence-corrected chi connectivity index (χ4v) is 2.33. The Labute approximate surface area is 123 Å². The van der Waals surface area contributed by atoms with Gasteiger partial charge in [0.2, 0.25) is 0 Å². The SMILES string of the molecule is CN(CCOc1ccccc1)C(=O)c1n[nH]c2c1CNC2. The molecule has 0 saturated heterocycles. The minimum absolute atomic E-state index is 0.0761. The van der Waals surface area contributed by atoms with E-state index in [-0.39, 0.29) is 5.91 Å². The van der Waals surface area contributed by atoms with Gasteiger partial charge in [-0.15, -0.1) is 0 Å². The summed E-state index contributed by atoms with van der Waals surface area (Å²) in [5, 5.41) is 10.2. The van der Waals surface area contributed by atoms with E-state index in [1.54, 1.807) is 11.9 Å². The van der Waals surface area contributed by atoms with Gasteiger partial charge in [-0.25, -0.2) is 0 Å². The number of aromatic nitrogens is 2. The van der Waals surface area contributed by atoms with E-state index >= 15 is 0 Å². The van der Waals surface area contributed by atoms with Gasteiger partial charge < -0.3 is 15.0 Å². The third kappa shape index (κ3) is 2.90. The number of carbonyl (C=O) groups is 1. The average Bonchev–Trinajstić information content (AvgIpc) is 3.10. The Kier molecular flexibility index (Phi) is 3.87. The average molecular weight is 286 g/mol. The van der Waals surface area contributed by atoms with Crippen molar-refractivity contribution in [3.8, 4) is 5.75 Å². The Bertz CT molecular complexity index is 624. The molecular formula is C15H18N4O2. The Hall–Kier alpha value is -2.34. The van der Waals surface area contributed by atoms with Crippen LogP contribution in [-0.2, 0) is 13.1 Å². The number of rotatable bonds is 5. The molecule has 0 atom stereocenters. The summed E-state index contributed by atoms with van der Waals surface area (Å²) in [7, 11) is 1.76. The van der Waals surface area contributed by atoms with Crippen molar-refractivity contribution in [2.24, 2.45) is 0 Å². The number of likely N-dealkylation sites (N-methyl/N-ethyl adjacent to an activating group) is 1. The highest BCUT2D eigenvalue weighted by Gasteiger charge is 2.24. The van der Waals surface area contributed by atoms with Crippen LogP contribution >= 0.6 is 0 Å². The molecule has 1 aliphatic rings. The molecule has 1 amide bonds. The van der Waals surface area contributed by atoms with Crippen LogP contribution in [0.25, 0.3) is 0 Å². The zero-order chi connectivity index (χ0) is 14.7. The van der Waals surface area contributed by atoms with E-state index in [1.807, 2.05) is 30.3 Å².